The molecule has 2 rings (SSSR count). The summed E-state index contributed by atoms with van der Waals surface area (Å²) in [4.78, 5) is 8.43. The molecular formula is C15H18ClIN4. The van der Waals surface area contributed by atoms with Crippen LogP contribution in [0.5, 0.6) is 0 Å². The van der Waals surface area contributed by atoms with Crippen molar-refractivity contribution in [2.75, 3.05) is 7.05 Å². The van der Waals surface area contributed by atoms with E-state index in [1.807, 2.05) is 42.5 Å². The average Bonchev–Trinajstić information content (AvgIpc) is 2.50. The van der Waals surface area contributed by atoms with Crippen LogP contribution < -0.4 is 10.6 Å². The van der Waals surface area contributed by atoms with Gasteiger partial charge in [-0.2, -0.15) is 0 Å². The predicted octanol–water partition coefficient (Wildman–Crippen LogP) is 3.22. The Morgan fingerprint density at radius 2 is 1.81 bits per heavy atom. The van der Waals surface area contributed by atoms with E-state index in [1.54, 1.807) is 13.2 Å². The van der Waals surface area contributed by atoms with Gasteiger partial charge in [0.1, 0.15) is 0 Å². The molecule has 0 bridgehead atoms. The first-order valence-electron chi connectivity index (χ1n) is 6.37. The van der Waals surface area contributed by atoms with Crippen molar-refractivity contribution >= 4 is 41.5 Å². The number of nitrogens with one attached hydrogen (secondary N) is 2. The standard InChI is InChI=1S/C15H17ClN4.HI/c1-17-15(20-11-14-4-2-3-9-18-14)19-10-12-5-7-13(16)8-6-12;/h2-9H,10-11H2,1H3,(H2,17,19,20);1H. The predicted molar refractivity (Wildman–Crippen MR) is 98.1 cm³/mol. The molecule has 0 spiro atoms. The zero-order valence-corrected chi connectivity index (χ0v) is 14.8. The first-order valence-corrected chi connectivity index (χ1v) is 6.74. The molecule has 0 saturated heterocycles. The molecule has 21 heavy (non-hydrogen) atoms. The van der Waals surface area contributed by atoms with Crippen LogP contribution >= 0.6 is 35.6 Å². The highest BCUT2D eigenvalue weighted by Gasteiger charge is 1.99. The van der Waals surface area contributed by atoms with Crippen molar-refractivity contribution in [1.82, 2.24) is 15.6 Å². The lowest BCUT2D eigenvalue weighted by molar-refractivity contribution is 0.794. The second-order valence-corrected chi connectivity index (χ2v) is 4.66. The monoisotopic (exact) mass is 416 g/mol. The van der Waals surface area contributed by atoms with Crippen molar-refractivity contribution in [3.8, 4) is 0 Å². The number of aromatic nitrogens is 1. The third-order valence-corrected chi connectivity index (χ3v) is 3.01. The summed E-state index contributed by atoms with van der Waals surface area (Å²) in [7, 11) is 1.75. The van der Waals surface area contributed by atoms with Gasteiger partial charge < -0.3 is 10.6 Å². The van der Waals surface area contributed by atoms with Crippen LogP contribution in [0.15, 0.2) is 53.7 Å². The minimum atomic E-state index is 0. The van der Waals surface area contributed by atoms with Gasteiger partial charge in [-0.1, -0.05) is 29.8 Å². The second-order valence-electron chi connectivity index (χ2n) is 4.23. The Morgan fingerprint density at radius 1 is 1.10 bits per heavy atom. The SMILES string of the molecule is CN=C(NCc1ccc(Cl)cc1)NCc1ccccn1.I. The molecule has 0 saturated carbocycles. The van der Waals surface area contributed by atoms with E-state index < -0.39 is 0 Å². The summed E-state index contributed by atoms with van der Waals surface area (Å²) in [6.45, 7) is 1.33. The van der Waals surface area contributed by atoms with Crippen molar-refractivity contribution in [2.45, 2.75) is 13.1 Å². The Hall–Kier alpha value is -1.34. The number of rotatable bonds is 4. The number of guanidine groups is 1. The quantitative estimate of drug-likeness (QED) is 0.457. The second kappa shape index (κ2) is 9.57. The molecule has 112 valence electrons. The van der Waals surface area contributed by atoms with E-state index in [0.717, 1.165) is 22.2 Å². The fourth-order valence-electron chi connectivity index (χ4n) is 1.69. The van der Waals surface area contributed by atoms with Gasteiger partial charge in [-0.15, -0.1) is 24.0 Å². The van der Waals surface area contributed by atoms with Crippen LogP contribution in [-0.2, 0) is 13.1 Å². The van der Waals surface area contributed by atoms with Gasteiger partial charge in [-0.25, -0.2) is 0 Å². The summed E-state index contributed by atoms with van der Waals surface area (Å²) >= 11 is 5.86. The highest BCUT2D eigenvalue weighted by Crippen LogP contribution is 2.08. The molecule has 2 aromatic rings. The molecule has 0 aliphatic rings. The molecule has 2 N–H and O–H groups in total. The summed E-state index contributed by atoms with van der Waals surface area (Å²) in [6, 6.07) is 13.6. The molecule has 0 atom stereocenters. The molecule has 6 heteroatoms. The largest absolute Gasteiger partial charge is 0.352 e. The van der Waals surface area contributed by atoms with Crippen molar-refractivity contribution in [3.05, 3.63) is 64.9 Å². The number of hydrogen-bond acceptors (Lipinski definition) is 2. The van der Waals surface area contributed by atoms with Crippen LogP contribution in [0.3, 0.4) is 0 Å². The lowest BCUT2D eigenvalue weighted by atomic mass is 10.2. The highest BCUT2D eigenvalue weighted by atomic mass is 127. The lowest BCUT2D eigenvalue weighted by Crippen LogP contribution is -2.36. The lowest BCUT2D eigenvalue weighted by Gasteiger charge is -2.11. The molecule has 0 aliphatic carbocycles. The molecule has 4 nitrogen and oxygen atoms in total. The Bertz CT molecular complexity index is 558. The fourth-order valence-corrected chi connectivity index (χ4v) is 1.81. The third-order valence-electron chi connectivity index (χ3n) is 2.76. The van der Waals surface area contributed by atoms with E-state index in [9.17, 15) is 0 Å². The van der Waals surface area contributed by atoms with E-state index in [1.165, 1.54) is 0 Å². The molecule has 1 aromatic heterocycles. The van der Waals surface area contributed by atoms with Crippen LogP contribution in [-0.4, -0.2) is 18.0 Å². The smallest absolute Gasteiger partial charge is 0.191 e. The van der Waals surface area contributed by atoms with Gasteiger partial charge in [0, 0.05) is 24.8 Å². The van der Waals surface area contributed by atoms with E-state index in [4.69, 9.17) is 11.6 Å². The van der Waals surface area contributed by atoms with Gasteiger partial charge in [0.05, 0.1) is 12.2 Å². The zero-order chi connectivity index (χ0) is 14.2. The van der Waals surface area contributed by atoms with E-state index in [2.05, 4.69) is 20.6 Å². The average molecular weight is 417 g/mol. The summed E-state index contributed by atoms with van der Waals surface area (Å²) < 4.78 is 0. The molecule has 0 amide bonds. The number of hydrogen-bond donors (Lipinski definition) is 2. The number of nitrogens with zero attached hydrogens (tertiary/aromatic N) is 2. The maximum atomic E-state index is 5.86. The molecule has 0 radical (unpaired) electrons. The molecule has 0 unspecified atom stereocenters. The van der Waals surface area contributed by atoms with Crippen LogP contribution in [0, 0.1) is 0 Å². The van der Waals surface area contributed by atoms with Crippen molar-refractivity contribution in [3.63, 3.8) is 0 Å². The number of aliphatic imine (C=N–C) groups is 1. The number of pyridine rings is 1. The normalized spacial score (nSPS) is 10.7. The first-order chi connectivity index (χ1) is 9.78. The first kappa shape index (κ1) is 17.7. The maximum Gasteiger partial charge on any atom is 0.191 e. The summed E-state index contributed by atoms with van der Waals surface area (Å²) in [6.07, 6.45) is 1.78. The molecule has 1 heterocycles. The van der Waals surface area contributed by atoms with Crippen LogP contribution in [0.1, 0.15) is 11.3 Å². The Kier molecular flexibility index (Phi) is 8.07. The molecule has 0 fully saturated rings. The third kappa shape index (κ3) is 6.31. The van der Waals surface area contributed by atoms with Crippen molar-refractivity contribution in [2.24, 2.45) is 4.99 Å². The van der Waals surface area contributed by atoms with E-state index in [-0.39, 0.29) is 24.0 Å². The number of benzene rings is 1. The van der Waals surface area contributed by atoms with Gasteiger partial charge >= 0.3 is 0 Å². The number of halogens is 2. The minimum absolute atomic E-state index is 0. The maximum absolute atomic E-state index is 5.86. The Balaban J connectivity index is 0.00000220. The van der Waals surface area contributed by atoms with Crippen LogP contribution in [0.25, 0.3) is 0 Å². The van der Waals surface area contributed by atoms with Crippen molar-refractivity contribution in [1.29, 1.82) is 0 Å². The topological polar surface area (TPSA) is 49.3 Å². The van der Waals surface area contributed by atoms with Crippen LogP contribution in [0.4, 0.5) is 0 Å². The van der Waals surface area contributed by atoms with Gasteiger partial charge in [0.25, 0.3) is 0 Å². The molecule has 1 aromatic carbocycles. The van der Waals surface area contributed by atoms with Gasteiger partial charge in [0.2, 0.25) is 0 Å². The van der Waals surface area contributed by atoms with E-state index >= 15 is 0 Å². The van der Waals surface area contributed by atoms with E-state index in [0.29, 0.717) is 13.1 Å². The highest BCUT2D eigenvalue weighted by molar-refractivity contribution is 14.0. The Labute approximate surface area is 147 Å². The Morgan fingerprint density at radius 3 is 2.43 bits per heavy atom. The summed E-state index contributed by atoms with van der Waals surface area (Å²) in [5.74, 6) is 0.741. The summed E-state index contributed by atoms with van der Waals surface area (Å²) in [5.41, 5.74) is 2.12. The van der Waals surface area contributed by atoms with Gasteiger partial charge in [-0.05, 0) is 29.8 Å². The molecule has 0 aliphatic heterocycles. The van der Waals surface area contributed by atoms with Gasteiger partial charge in [-0.3, -0.25) is 9.98 Å². The van der Waals surface area contributed by atoms with Crippen molar-refractivity contribution < 1.29 is 0 Å². The van der Waals surface area contributed by atoms with Gasteiger partial charge in [0.15, 0.2) is 5.96 Å². The molecular weight excluding hydrogens is 399 g/mol. The summed E-state index contributed by atoms with van der Waals surface area (Å²) in [5, 5.41) is 7.20. The minimum Gasteiger partial charge on any atom is -0.352 e. The zero-order valence-electron chi connectivity index (χ0n) is 11.7. The van der Waals surface area contributed by atoms with Crippen LogP contribution in [0.2, 0.25) is 5.02 Å². The fraction of sp³-hybridized carbons (Fsp3) is 0.200.